The van der Waals surface area contributed by atoms with Crippen LogP contribution in [0.25, 0.3) is 0 Å². The lowest BCUT2D eigenvalue weighted by atomic mass is 10.1. The van der Waals surface area contributed by atoms with Crippen molar-refractivity contribution in [1.29, 1.82) is 0 Å². The SMILES string of the molecule is COc1cc(C)c(Cl)c(C)c1NCC(C)CN. The monoisotopic (exact) mass is 256 g/mol. The van der Waals surface area contributed by atoms with Crippen molar-refractivity contribution in [3.8, 4) is 5.75 Å². The Hall–Kier alpha value is -0.930. The molecule has 0 aliphatic carbocycles. The highest BCUT2D eigenvalue weighted by Crippen LogP contribution is 2.35. The van der Waals surface area contributed by atoms with Crippen LogP contribution >= 0.6 is 11.6 Å². The zero-order chi connectivity index (χ0) is 13.0. The van der Waals surface area contributed by atoms with Gasteiger partial charge in [0.15, 0.2) is 0 Å². The Labute approximate surface area is 108 Å². The predicted molar refractivity (Wildman–Crippen MR) is 74.2 cm³/mol. The van der Waals surface area contributed by atoms with Gasteiger partial charge in [0.1, 0.15) is 5.75 Å². The molecule has 0 heterocycles. The van der Waals surface area contributed by atoms with Gasteiger partial charge in [-0.15, -0.1) is 0 Å². The first-order valence-corrected chi connectivity index (χ1v) is 6.16. The van der Waals surface area contributed by atoms with Gasteiger partial charge in [0.2, 0.25) is 0 Å². The molecule has 1 aromatic carbocycles. The van der Waals surface area contributed by atoms with E-state index >= 15 is 0 Å². The fourth-order valence-electron chi connectivity index (χ4n) is 1.66. The zero-order valence-electron chi connectivity index (χ0n) is 10.9. The number of anilines is 1. The minimum atomic E-state index is 0.416. The van der Waals surface area contributed by atoms with Gasteiger partial charge in [-0.1, -0.05) is 18.5 Å². The summed E-state index contributed by atoms with van der Waals surface area (Å²) >= 11 is 6.24. The molecule has 3 nitrogen and oxygen atoms in total. The van der Waals surface area contributed by atoms with Crippen LogP contribution < -0.4 is 15.8 Å². The summed E-state index contributed by atoms with van der Waals surface area (Å²) in [7, 11) is 1.67. The van der Waals surface area contributed by atoms with E-state index in [2.05, 4.69) is 12.2 Å². The van der Waals surface area contributed by atoms with E-state index in [0.717, 1.165) is 34.1 Å². The molecule has 17 heavy (non-hydrogen) atoms. The van der Waals surface area contributed by atoms with E-state index in [-0.39, 0.29) is 0 Å². The topological polar surface area (TPSA) is 47.3 Å². The highest BCUT2D eigenvalue weighted by Gasteiger charge is 2.12. The van der Waals surface area contributed by atoms with E-state index in [1.807, 2.05) is 19.9 Å². The average Bonchev–Trinajstić information content (AvgIpc) is 2.33. The first-order chi connectivity index (χ1) is 8.01. The molecule has 1 atom stereocenters. The maximum absolute atomic E-state index is 6.24. The van der Waals surface area contributed by atoms with E-state index in [0.29, 0.717) is 12.5 Å². The lowest BCUT2D eigenvalue weighted by Gasteiger charge is -2.18. The van der Waals surface area contributed by atoms with Gasteiger partial charge in [-0.05, 0) is 43.5 Å². The van der Waals surface area contributed by atoms with Crippen LogP contribution in [0.5, 0.6) is 5.75 Å². The summed E-state index contributed by atoms with van der Waals surface area (Å²) in [6, 6.07) is 1.95. The number of hydrogen-bond acceptors (Lipinski definition) is 3. The largest absolute Gasteiger partial charge is 0.495 e. The van der Waals surface area contributed by atoms with Crippen molar-refractivity contribution in [3.05, 3.63) is 22.2 Å². The third kappa shape index (κ3) is 3.27. The van der Waals surface area contributed by atoms with Gasteiger partial charge in [-0.25, -0.2) is 0 Å². The number of ether oxygens (including phenoxy) is 1. The number of nitrogens with two attached hydrogens (primary N) is 1. The van der Waals surface area contributed by atoms with Gasteiger partial charge in [0.25, 0.3) is 0 Å². The van der Waals surface area contributed by atoms with Gasteiger partial charge in [0.05, 0.1) is 12.8 Å². The Bertz CT molecular complexity index is 393. The minimum absolute atomic E-state index is 0.416. The quantitative estimate of drug-likeness (QED) is 0.852. The van der Waals surface area contributed by atoms with Gasteiger partial charge < -0.3 is 15.8 Å². The summed E-state index contributed by atoms with van der Waals surface area (Å²) in [5, 5.41) is 4.15. The van der Waals surface area contributed by atoms with Gasteiger partial charge in [-0.2, -0.15) is 0 Å². The second-order valence-electron chi connectivity index (χ2n) is 4.43. The molecule has 0 saturated heterocycles. The molecule has 0 spiro atoms. The van der Waals surface area contributed by atoms with Crippen molar-refractivity contribution in [2.24, 2.45) is 11.7 Å². The molecule has 0 bridgehead atoms. The molecular formula is C13H21ClN2O. The van der Waals surface area contributed by atoms with Crippen LogP contribution in [-0.2, 0) is 0 Å². The van der Waals surface area contributed by atoms with E-state index in [9.17, 15) is 0 Å². The Balaban J connectivity index is 3.00. The molecule has 96 valence electrons. The Morgan fingerprint density at radius 1 is 1.47 bits per heavy atom. The van der Waals surface area contributed by atoms with Gasteiger partial charge in [0, 0.05) is 11.6 Å². The molecule has 1 aromatic rings. The van der Waals surface area contributed by atoms with Crippen molar-refractivity contribution in [3.63, 3.8) is 0 Å². The highest BCUT2D eigenvalue weighted by atomic mass is 35.5. The summed E-state index contributed by atoms with van der Waals surface area (Å²) in [5.41, 5.74) is 8.61. The lowest BCUT2D eigenvalue weighted by molar-refractivity contribution is 0.415. The molecule has 0 aliphatic heterocycles. The first-order valence-electron chi connectivity index (χ1n) is 5.78. The second kappa shape index (κ2) is 6.12. The molecule has 0 aromatic heterocycles. The fraction of sp³-hybridized carbons (Fsp3) is 0.538. The lowest BCUT2D eigenvalue weighted by Crippen LogP contribution is -2.20. The van der Waals surface area contributed by atoms with Crippen LogP contribution in [0, 0.1) is 19.8 Å². The van der Waals surface area contributed by atoms with Crippen LogP contribution in [0.1, 0.15) is 18.1 Å². The number of halogens is 1. The molecule has 0 aliphatic rings. The number of rotatable bonds is 5. The Morgan fingerprint density at radius 2 is 2.12 bits per heavy atom. The number of methoxy groups -OCH3 is 1. The normalized spacial score (nSPS) is 12.4. The molecule has 3 N–H and O–H groups in total. The molecule has 0 amide bonds. The predicted octanol–water partition coefficient (Wildman–Crippen LogP) is 2.97. The van der Waals surface area contributed by atoms with Gasteiger partial charge in [-0.3, -0.25) is 0 Å². The summed E-state index contributed by atoms with van der Waals surface area (Å²) in [6.45, 7) is 7.54. The van der Waals surface area contributed by atoms with Gasteiger partial charge >= 0.3 is 0 Å². The molecule has 1 unspecified atom stereocenters. The third-order valence-electron chi connectivity index (χ3n) is 2.89. The number of aryl methyl sites for hydroxylation is 1. The first kappa shape index (κ1) is 14.1. The molecule has 0 radical (unpaired) electrons. The van der Waals surface area contributed by atoms with E-state index in [1.54, 1.807) is 7.11 Å². The summed E-state index contributed by atoms with van der Waals surface area (Å²) in [4.78, 5) is 0. The minimum Gasteiger partial charge on any atom is -0.495 e. The maximum Gasteiger partial charge on any atom is 0.142 e. The van der Waals surface area contributed by atoms with Crippen molar-refractivity contribution in [2.45, 2.75) is 20.8 Å². The van der Waals surface area contributed by atoms with Crippen LogP contribution in [0.4, 0.5) is 5.69 Å². The summed E-state index contributed by atoms with van der Waals surface area (Å²) in [5.74, 6) is 1.24. The van der Waals surface area contributed by atoms with E-state index in [1.165, 1.54) is 0 Å². The molecule has 0 fully saturated rings. The van der Waals surface area contributed by atoms with Crippen LogP contribution in [0.3, 0.4) is 0 Å². The van der Waals surface area contributed by atoms with Crippen molar-refractivity contribution in [2.75, 3.05) is 25.5 Å². The number of hydrogen-bond donors (Lipinski definition) is 2. The highest BCUT2D eigenvalue weighted by molar-refractivity contribution is 6.32. The Kier molecular flexibility index (Phi) is 5.09. The maximum atomic E-state index is 6.24. The fourth-order valence-corrected chi connectivity index (χ4v) is 1.81. The van der Waals surface area contributed by atoms with Crippen molar-refractivity contribution >= 4 is 17.3 Å². The molecule has 1 rings (SSSR count). The average molecular weight is 257 g/mol. The van der Waals surface area contributed by atoms with E-state index < -0.39 is 0 Å². The zero-order valence-corrected chi connectivity index (χ0v) is 11.7. The second-order valence-corrected chi connectivity index (χ2v) is 4.81. The number of benzene rings is 1. The van der Waals surface area contributed by atoms with E-state index in [4.69, 9.17) is 22.1 Å². The van der Waals surface area contributed by atoms with Crippen LogP contribution in [0.2, 0.25) is 5.02 Å². The molecule has 4 heteroatoms. The Morgan fingerprint density at radius 3 is 2.65 bits per heavy atom. The smallest absolute Gasteiger partial charge is 0.142 e. The van der Waals surface area contributed by atoms with Crippen LogP contribution in [0.15, 0.2) is 6.07 Å². The van der Waals surface area contributed by atoms with Crippen molar-refractivity contribution < 1.29 is 4.74 Å². The molecule has 0 saturated carbocycles. The standard InChI is InChI=1S/C13H21ClN2O/c1-8(6-15)7-16-13-10(3)12(14)9(2)5-11(13)17-4/h5,8,16H,6-7,15H2,1-4H3. The third-order valence-corrected chi connectivity index (χ3v) is 3.48. The van der Waals surface area contributed by atoms with Crippen LogP contribution in [-0.4, -0.2) is 20.2 Å². The number of nitrogens with one attached hydrogen (secondary N) is 1. The summed E-state index contributed by atoms with van der Waals surface area (Å²) in [6.07, 6.45) is 0. The summed E-state index contributed by atoms with van der Waals surface area (Å²) < 4.78 is 5.38. The molecular weight excluding hydrogens is 236 g/mol. The van der Waals surface area contributed by atoms with Crippen molar-refractivity contribution in [1.82, 2.24) is 0 Å².